The van der Waals surface area contributed by atoms with Gasteiger partial charge in [-0.2, -0.15) is 0 Å². The number of carbonyl (C=O) groups excluding carboxylic acids is 1. The van der Waals surface area contributed by atoms with Crippen LogP contribution in [0.25, 0.3) is 10.4 Å². The van der Waals surface area contributed by atoms with E-state index < -0.39 is 27.5 Å². The summed E-state index contributed by atoms with van der Waals surface area (Å²) in [5, 5.41) is 9.56. The largest absolute Gasteiger partial charge is 0.477 e. The fourth-order valence-corrected chi connectivity index (χ4v) is 5.82. The first-order valence-electron chi connectivity index (χ1n) is 8.65. The Hall–Kier alpha value is -2.97. The molecule has 3 N–H and O–H groups in total. The van der Waals surface area contributed by atoms with Gasteiger partial charge in [0.2, 0.25) is 5.91 Å². The number of benzene rings is 2. The molecule has 0 aliphatic rings. The molecular weight excluding hydrogens is 410 g/mol. The molecule has 150 valence electrons. The number of sulfone groups is 1. The first-order valence-corrected chi connectivity index (χ1v) is 11.1. The molecule has 8 heteroatoms. The van der Waals surface area contributed by atoms with Gasteiger partial charge in [-0.3, -0.25) is 4.79 Å². The van der Waals surface area contributed by atoms with E-state index in [4.69, 9.17) is 5.73 Å². The Labute approximate surface area is 172 Å². The minimum atomic E-state index is -3.72. The summed E-state index contributed by atoms with van der Waals surface area (Å²) in [6, 6.07) is 13.0. The lowest BCUT2D eigenvalue weighted by atomic mass is 10.1. The molecule has 0 fully saturated rings. The van der Waals surface area contributed by atoms with E-state index in [0.717, 1.165) is 16.9 Å². The molecule has 29 heavy (non-hydrogen) atoms. The maximum absolute atomic E-state index is 12.9. The van der Waals surface area contributed by atoms with Crippen LogP contribution in [0.1, 0.15) is 36.7 Å². The third-order valence-electron chi connectivity index (χ3n) is 4.47. The van der Waals surface area contributed by atoms with E-state index in [9.17, 15) is 23.1 Å². The van der Waals surface area contributed by atoms with E-state index in [1.54, 1.807) is 55.5 Å². The van der Waals surface area contributed by atoms with Crippen LogP contribution in [0.3, 0.4) is 0 Å². The summed E-state index contributed by atoms with van der Waals surface area (Å²) < 4.78 is 25.9. The van der Waals surface area contributed by atoms with Crippen molar-refractivity contribution in [2.75, 3.05) is 0 Å². The maximum atomic E-state index is 12.9. The van der Waals surface area contributed by atoms with E-state index in [0.29, 0.717) is 21.6 Å². The number of aryl methyl sites for hydroxylation is 2. The van der Waals surface area contributed by atoms with Crippen molar-refractivity contribution in [3.05, 3.63) is 75.7 Å². The summed E-state index contributed by atoms with van der Waals surface area (Å²) >= 11 is 0.997. The van der Waals surface area contributed by atoms with Gasteiger partial charge in [-0.25, -0.2) is 13.2 Å². The van der Waals surface area contributed by atoms with Crippen molar-refractivity contribution in [2.45, 2.75) is 24.5 Å². The zero-order valence-electron chi connectivity index (χ0n) is 15.8. The van der Waals surface area contributed by atoms with Crippen molar-refractivity contribution in [1.29, 1.82) is 0 Å². The monoisotopic (exact) mass is 429 g/mol. The molecule has 3 rings (SSSR count). The van der Waals surface area contributed by atoms with Crippen molar-refractivity contribution >= 4 is 33.1 Å². The summed E-state index contributed by atoms with van der Waals surface area (Å²) in [5.41, 5.74) is 8.06. The van der Waals surface area contributed by atoms with Crippen LogP contribution in [0.4, 0.5) is 0 Å². The average Bonchev–Trinajstić information content (AvgIpc) is 3.04. The molecule has 1 heterocycles. The van der Waals surface area contributed by atoms with Gasteiger partial charge in [0.15, 0.2) is 9.84 Å². The van der Waals surface area contributed by atoms with E-state index in [1.807, 2.05) is 6.92 Å². The van der Waals surface area contributed by atoms with Gasteiger partial charge in [-0.15, -0.1) is 11.3 Å². The minimum absolute atomic E-state index is 0.0210. The molecule has 6 nitrogen and oxygen atoms in total. The standard InChI is InChI=1S/C21H19NO5S2/c1-12-3-8-18(13(2)9-12)29(26,27)11-16-10-17(28-19(16)21(24)25)14-4-6-15(7-5-14)20(22)23/h3-10H,11H2,1-2H3,(H2,22,23)(H,24,25). The molecule has 0 saturated heterocycles. The Kier molecular flexibility index (Phi) is 5.59. The van der Waals surface area contributed by atoms with Crippen LogP contribution in [0.15, 0.2) is 53.4 Å². The topological polar surface area (TPSA) is 115 Å². The molecule has 0 radical (unpaired) electrons. The smallest absolute Gasteiger partial charge is 0.346 e. The van der Waals surface area contributed by atoms with Gasteiger partial charge in [0.25, 0.3) is 0 Å². The summed E-state index contributed by atoms with van der Waals surface area (Å²) in [6.07, 6.45) is 0. The minimum Gasteiger partial charge on any atom is -0.477 e. The van der Waals surface area contributed by atoms with Crippen molar-refractivity contribution < 1.29 is 23.1 Å². The van der Waals surface area contributed by atoms with E-state index in [-0.39, 0.29) is 15.3 Å². The number of thiophene rings is 1. The quantitative estimate of drug-likeness (QED) is 0.618. The molecule has 0 aliphatic carbocycles. The van der Waals surface area contributed by atoms with Crippen LogP contribution in [-0.4, -0.2) is 25.4 Å². The van der Waals surface area contributed by atoms with Gasteiger partial charge in [0.1, 0.15) is 4.88 Å². The number of rotatable bonds is 6. The Morgan fingerprint density at radius 3 is 2.24 bits per heavy atom. The molecule has 0 spiro atoms. The highest BCUT2D eigenvalue weighted by atomic mass is 32.2. The van der Waals surface area contributed by atoms with Gasteiger partial charge >= 0.3 is 5.97 Å². The van der Waals surface area contributed by atoms with Crippen molar-refractivity contribution in [3.63, 3.8) is 0 Å². The molecule has 0 unspecified atom stereocenters. The second-order valence-electron chi connectivity index (χ2n) is 6.74. The first kappa shape index (κ1) is 20.8. The Bertz CT molecular complexity index is 1210. The van der Waals surface area contributed by atoms with Gasteiger partial charge in [0.05, 0.1) is 10.6 Å². The van der Waals surface area contributed by atoms with E-state index >= 15 is 0 Å². The lowest BCUT2D eigenvalue weighted by Crippen LogP contribution is -2.10. The van der Waals surface area contributed by atoms with Crippen LogP contribution < -0.4 is 5.73 Å². The fourth-order valence-electron chi connectivity index (χ4n) is 3.09. The molecule has 0 bridgehead atoms. The normalized spacial score (nSPS) is 11.4. The third-order valence-corrected chi connectivity index (χ3v) is 7.50. The molecular formula is C21H19NO5S2. The van der Waals surface area contributed by atoms with E-state index in [2.05, 4.69) is 0 Å². The maximum Gasteiger partial charge on any atom is 0.346 e. The fraction of sp³-hybridized carbons (Fsp3) is 0.143. The first-order chi connectivity index (χ1) is 13.6. The number of primary amides is 1. The number of amides is 1. The van der Waals surface area contributed by atoms with Gasteiger partial charge in [-0.1, -0.05) is 29.8 Å². The van der Waals surface area contributed by atoms with Crippen LogP contribution >= 0.6 is 11.3 Å². The summed E-state index contributed by atoms with van der Waals surface area (Å²) in [4.78, 5) is 23.7. The summed E-state index contributed by atoms with van der Waals surface area (Å²) in [6.45, 7) is 3.60. The van der Waals surface area contributed by atoms with Gasteiger partial charge in [0, 0.05) is 10.4 Å². The molecule has 1 amide bonds. The number of hydrogen-bond acceptors (Lipinski definition) is 5. The number of hydrogen-bond donors (Lipinski definition) is 2. The summed E-state index contributed by atoms with van der Waals surface area (Å²) in [5.74, 6) is -2.15. The predicted molar refractivity (Wildman–Crippen MR) is 112 cm³/mol. The van der Waals surface area contributed by atoms with Crippen LogP contribution in [-0.2, 0) is 15.6 Å². The zero-order chi connectivity index (χ0) is 21.3. The second-order valence-corrected chi connectivity index (χ2v) is 9.75. The number of aromatic carboxylic acids is 1. The molecule has 2 aromatic carbocycles. The van der Waals surface area contributed by atoms with Crippen LogP contribution in [0.5, 0.6) is 0 Å². The van der Waals surface area contributed by atoms with Crippen LogP contribution in [0.2, 0.25) is 0 Å². The summed E-state index contributed by atoms with van der Waals surface area (Å²) in [7, 11) is -3.72. The molecule has 0 saturated carbocycles. The van der Waals surface area contributed by atoms with Crippen LogP contribution in [0, 0.1) is 13.8 Å². The molecule has 3 aromatic rings. The van der Waals surface area contributed by atoms with Crippen molar-refractivity contribution in [3.8, 4) is 10.4 Å². The Morgan fingerprint density at radius 2 is 1.69 bits per heavy atom. The highest BCUT2D eigenvalue weighted by Gasteiger charge is 2.24. The Morgan fingerprint density at radius 1 is 1.03 bits per heavy atom. The lowest BCUT2D eigenvalue weighted by Gasteiger charge is -2.08. The average molecular weight is 430 g/mol. The second kappa shape index (κ2) is 7.81. The van der Waals surface area contributed by atoms with Crippen molar-refractivity contribution in [2.24, 2.45) is 5.73 Å². The predicted octanol–water partition coefficient (Wildman–Crippen LogP) is 3.80. The third kappa shape index (κ3) is 4.38. The highest BCUT2D eigenvalue weighted by molar-refractivity contribution is 7.90. The van der Waals surface area contributed by atoms with Crippen molar-refractivity contribution in [1.82, 2.24) is 0 Å². The highest BCUT2D eigenvalue weighted by Crippen LogP contribution is 2.34. The SMILES string of the molecule is Cc1ccc(S(=O)(=O)Cc2cc(-c3ccc(C(N)=O)cc3)sc2C(=O)O)c(C)c1. The molecule has 0 atom stereocenters. The Balaban J connectivity index is 2.01. The number of carboxylic acid groups (broad SMARTS) is 1. The van der Waals surface area contributed by atoms with Gasteiger partial charge in [-0.05, 0) is 54.8 Å². The lowest BCUT2D eigenvalue weighted by molar-refractivity contribution is 0.0701. The zero-order valence-corrected chi connectivity index (χ0v) is 17.4. The molecule has 1 aromatic heterocycles. The number of nitrogens with two attached hydrogens (primary N) is 1. The van der Waals surface area contributed by atoms with E-state index in [1.165, 1.54) is 0 Å². The number of carbonyl (C=O) groups is 2. The number of carboxylic acids is 1. The van der Waals surface area contributed by atoms with Gasteiger partial charge < -0.3 is 10.8 Å². The molecule has 0 aliphatic heterocycles.